The van der Waals surface area contributed by atoms with E-state index < -0.39 is 5.60 Å². The fraction of sp³-hybridized carbons (Fsp3) is 0.722. The standard InChI is InChI=1S/C18H32N2O2S/c1-7-15-8-9-16(23-15)12-19-10-14(13(2)3)11-20-17(21)22-18(4,5)6/h8-9,13-14,19H,7,10-12H2,1-6H3,(H,20,21). The van der Waals surface area contributed by atoms with Gasteiger partial charge in [0.15, 0.2) is 0 Å². The molecule has 0 aromatic carbocycles. The smallest absolute Gasteiger partial charge is 0.407 e. The van der Waals surface area contributed by atoms with E-state index in [-0.39, 0.29) is 6.09 Å². The Morgan fingerprint density at radius 1 is 1.22 bits per heavy atom. The Labute approximate surface area is 145 Å². The first-order chi connectivity index (χ1) is 10.7. The van der Waals surface area contributed by atoms with Crippen molar-refractivity contribution in [2.75, 3.05) is 13.1 Å². The fourth-order valence-corrected chi connectivity index (χ4v) is 3.09. The summed E-state index contributed by atoms with van der Waals surface area (Å²) in [5, 5.41) is 6.39. The van der Waals surface area contributed by atoms with Gasteiger partial charge in [0.05, 0.1) is 0 Å². The van der Waals surface area contributed by atoms with E-state index in [9.17, 15) is 4.79 Å². The first kappa shape index (κ1) is 20.0. The summed E-state index contributed by atoms with van der Waals surface area (Å²) < 4.78 is 5.29. The van der Waals surface area contributed by atoms with Crippen molar-refractivity contribution >= 4 is 17.4 Å². The molecule has 0 radical (unpaired) electrons. The van der Waals surface area contributed by atoms with Crippen LogP contribution in [-0.2, 0) is 17.7 Å². The van der Waals surface area contributed by atoms with E-state index in [4.69, 9.17) is 4.74 Å². The van der Waals surface area contributed by atoms with E-state index in [1.54, 1.807) is 0 Å². The number of hydrogen-bond acceptors (Lipinski definition) is 4. The Morgan fingerprint density at radius 3 is 2.39 bits per heavy atom. The summed E-state index contributed by atoms with van der Waals surface area (Å²) in [6, 6.07) is 4.39. The number of aryl methyl sites for hydroxylation is 1. The normalized spacial score (nSPS) is 13.2. The van der Waals surface area contributed by atoms with Gasteiger partial charge < -0.3 is 15.4 Å². The van der Waals surface area contributed by atoms with E-state index in [0.717, 1.165) is 19.5 Å². The Balaban J connectivity index is 2.35. The van der Waals surface area contributed by atoms with Crippen LogP contribution in [0.2, 0.25) is 0 Å². The molecule has 0 saturated carbocycles. The third-order valence-corrected chi connectivity index (χ3v) is 4.85. The summed E-state index contributed by atoms with van der Waals surface area (Å²) in [5.41, 5.74) is -0.453. The van der Waals surface area contributed by atoms with Crippen LogP contribution in [0, 0.1) is 11.8 Å². The molecule has 1 heterocycles. The van der Waals surface area contributed by atoms with Crippen LogP contribution in [0.3, 0.4) is 0 Å². The third-order valence-electron chi connectivity index (χ3n) is 3.62. The molecule has 132 valence electrons. The quantitative estimate of drug-likeness (QED) is 0.746. The van der Waals surface area contributed by atoms with Gasteiger partial charge in [-0.05, 0) is 51.2 Å². The van der Waals surface area contributed by atoms with Crippen molar-refractivity contribution in [2.45, 2.75) is 60.1 Å². The number of hydrogen-bond donors (Lipinski definition) is 2. The van der Waals surface area contributed by atoms with Crippen LogP contribution in [0.25, 0.3) is 0 Å². The van der Waals surface area contributed by atoms with Gasteiger partial charge in [0, 0.05) is 29.4 Å². The molecule has 4 nitrogen and oxygen atoms in total. The van der Waals surface area contributed by atoms with Crippen LogP contribution in [0.4, 0.5) is 4.79 Å². The molecule has 0 fully saturated rings. The summed E-state index contributed by atoms with van der Waals surface area (Å²) in [4.78, 5) is 14.6. The molecule has 2 N–H and O–H groups in total. The van der Waals surface area contributed by atoms with Gasteiger partial charge in [-0.25, -0.2) is 4.79 Å². The lowest BCUT2D eigenvalue weighted by Crippen LogP contribution is -2.39. The van der Waals surface area contributed by atoms with Crippen LogP contribution in [0.5, 0.6) is 0 Å². The Kier molecular flexibility index (Phi) is 8.06. The van der Waals surface area contributed by atoms with Crippen LogP contribution in [0.1, 0.15) is 51.3 Å². The van der Waals surface area contributed by atoms with Gasteiger partial charge in [-0.3, -0.25) is 0 Å². The van der Waals surface area contributed by atoms with Gasteiger partial charge in [0.25, 0.3) is 0 Å². The molecular formula is C18H32N2O2S. The number of rotatable bonds is 8. The first-order valence-electron chi connectivity index (χ1n) is 8.46. The topological polar surface area (TPSA) is 50.4 Å². The highest BCUT2D eigenvalue weighted by molar-refractivity contribution is 7.11. The molecule has 1 aromatic heterocycles. The van der Waals surface area contributed by atoms with Crippen LogP contribution in [-0.4, -0.2) is 24.8 Å². The lowest BCUT2D eigenvalue weighted by atomic mass is 9.96. The zero-order valence-electron chi connectivity index (χ0n) is 15.4. The molecule has 0 aliphatic carbocycles. The second kappa shape index (κ2) is 9.28. The molecule has 5 heteroatoms. The van der Waals surface area contributed by atoms with Gasteiger partial charge in [-0.1, -0.05) is 20.8 Å². The Bertz CT molecular complexity index is 478. The molecule has 1 atom stereocenters. The van der Waals surface area contributed by atoms with Gasteiger partial charge >= 0.3 is 6.09 Å². The predicted molar refractivity (Wildman–Crippen MR) is 98.0 cm³/mol. The van der Waals surface area contributed by atoms with Gasteiger partial charge in [-0.2, -0.15) is 0 Å². The molecule has 0 aliphatic heterocycles. The molecule has 0 aliphatic rings. The van der Waals surface area contributed by atoms with E-state index >= 15 is 0 Å². The van der Waals surface area contributed by atoms with E-state index in [0.29, 0.717) is 18.4 Å². The number of thiophene rings is 1. The first-order valence-corrected chi connectivity index (χ1v) is 9.28. The molecule has 0 saturated heterocycles. The Morgan fingerprint density at radius 2 is 1.87 bits per heavy atom. The number of alkyl carbamates (subject to hydrolysis) is 1. The van der Waals surface area contributed by atoms with Crippen molar-refractivity contribution in [1.29, 1.82) is 0 Å². The minimum absolute atomic E-state index is 0.339. The van der Waals surface area contributed by atoms with Crippen molar-refractivity contribution in [1.82, 2.24) is 10.6 Å². The van der Waals surface area contributed by atoms with Gasteiger partial charge in [-0.15, -0.1) is 11.3 Å². The van der Waals surface area contributed by atoms with Gasteiger partial charge in [0.2, 0.25) is 0 Å². The Hall–Kier alpha value is -1.07. The molecule has 1 aromatic rings. The highest BCUT2D eigenvalue weighted by Gasteiger charge is 2.19. The van der Waals surface area contributed by atoms with Crippen molar-refractivity contribution in [3.63, 3.8) is 0 Å². The summed E-state index contributed by atoms with van der Waals surface area (Å²) in [5.74, 6) is 0.875. The van der Waals surface area contributed by atoms with Crippen LogP contribution >= 0.6 is 11.3 Å². The number of carbonyl (C=O) groups excluding carboxylic acids is 1. The lowest BCUT2D eigenvalue weighted by Gasteiger charge is -2.24. The highest BCUT2D eigenvalue weighted by Crippen LogP contribution is 2.17. The molecular weight excluding hydrogens is 308 g/mol. The molecule has 1 unspecified atom stereocenters. The van der Waals surface area contributed by atoms with Crippen LogP contribution < -0.4 is 10.6 Å². The third kappa shape index (κ3) is 8.37. The van der Waals surface area contributed by atoms with Crippen molar-refractivity contribution in [3.8, 4) is 0 Å². The highest BCUT2D eigenvalue weighted by atomic mass is 32.1. The van der Waals surface area contributed by atoms with Crippen molar-refractivity contribution < 1.29 is 9.53 Å². The summed E-state index contributed by atoms with van der Waals surface area (Å²) >= 11 is 1.87. The van der Waals surface area contributed by atoms with Crippen LogP contribution in [0.15, 0.2) is 12.1 Å². The maximum absolute atomic E-state index is 11.8. The predicted octanol–water partition coefficient (Wildman–Crippen LogP) is 4.20. The fourth-order valence-electron chi connectivity index (χ4n) is 2.16. The average molecular weight is 341 g/mol. The number of carbonyl (C=O) groups is 1. The zero-order valence-corrected chi connectivity index (χ0v) is 16.2. The average Bonchev–Trinajstić information content (AvgIpc) is 2.88. The van der Waals surface area contributed by atoms with E-state index in [2.05, 4.69) is 43.5 Å². The van der Waals surface area contributed by atoms with Crippen molar-refractivity contribution in [3.05, 3.63) is 21.9 Å². The summed E-state index contributed by atoms with van der Waals surface area (Å²) in [6.45, 7) is 14.6. The minimum Gasteiger partial charge on any atom is -0.444 e. The second-order valence-corrected chi connectivity index (χ2v) is 8.49. The summed E-state index contributed by atoms with van der Waals surface area (Å²) in [6.07, 6.45) is 0.757. The molecule has 23 heavy (non-hydrogen) atoms. The minimum atomic E-state index is -0.453. The van der Waals surface area contributed by atoms with Gasteiger partial charge in [0.1, 0.15) is 5.60 Å². The van der Waals surface area contributed by atoms with E-state index in [1.807, 2.05) is 32.1 Å². The number of amides is 1. The lowest BCUT2D eigenvalue weighted by molar-refractivity contribution is 0.0515. The number of nitrogens with one attached hydrogen (secondary N) is 2. The monoisotopic (exact) mass is 340 g/mol. The maximum atomic E-state index is 11.8. The maximum Gasteiger partial charge on any atom is 0.407 e. The second-order valence-electron chi connectivity index (χ2n) is 7.24. The van der Waals surface area contributed by atoms with Crippen molar-refractivity contribution in [2.24, 2.45) is 11.8 Å². The molecule has 0 spiro atoms. The SMILES string of the molecule is CCc1ccc(CNCC(CNC(=O)OC(C)(C)C)C(C)C)s1. The summed E-state index contributed by atoms with van der Waals surface area (Å²) in [7, 11) is 0. The zero-order chi connectivity index (χ0) is 17.5. The largest absolute Gasteiger partial charge is 0.444 e. The molecule has 1 amide bonds. The van der Waals surface area contributed by atoms with E-state index in [1.165, 1.54) is 9.75 Å². The molecule has 0 bridgehead atoms. The number of ether oxygens (including phenoxy) is 1. The molecule has 1 rings (SSSR count).